The van der Waals surface area contributed by atoms with Gasteiger partial charge in [-0.05, 0) is 11.5 Å². The van der Waals surface area contributed by atoms with E-state index in [2.05, 4.69) is 10.6 Å². The topological polar surface area (TPSA) is 64.9 Å². The lowest BCUT2D eigenvalue weighted by Gasteiger charge is -2.13. The summed E-state index contributed by atoms with van der Waals surface area (Å²) in [7, 11) is 1.48. The van der Waals surface area contributed by atoms with Crippen LogP contribution in [0.1, 0.15) is 0 Å². The van der Waals surface area contributed by atoms with Gasteiger partial charge < -0.3 is 10.6 Å². The Morgan fingerprint density at radius 3 is 2.65 bits per heavy atom. The molecule has 0 spiro atoms. The van der Waals surface area contributed by atoms with Gasteiger partial charge in [-0.15, -0.1) is 0 Å². The number of amides is 1. The predicted octanol–water partition coefficient (Wildman–Crippen LogP) is 2.46. The summed E-state index contributed by atoms with van der Waals surface area (Å²) in [6.07, 6.45) is 0. The number of rotatable bonds is 3. The third kappa shape index (κ3) is 2.76. The lowest BCUT2D eigenvalue weighted by Crippen LogP contribution is -2.34. The molecule has 1 amide bonds. The number of benzene rings is 2. The van der Waals surface area contributed by atoms with Crippen molar-refractivity contribution in [1.29, 1.82) is 5.26 Å². The van der Waals surface area contributed by atoms with Crippen molar-refractivity contribution in [1.82, 2.24) is 5.32 Å². The molecule has 0 radical (unpaired) electrons. The van der Waals surface area contributed by atoms with Crippen LogP contribution in [0.3, 0.4) is 0 Å². The van der Waals surface area contributed by atoms with Crippen LogP contribution < -0.4 is 10.6 Å². The molecule has 100 valence electrons. The van der Waals surface area contributed by atoms with Gasteiger partial charge in [-0.25, -0.2) is 0 Å². The number of carbonyl (C=O) groups excluding carboxylic acids is 1. The van der Waals surface area contributed by atoms with Gasteiger partial charge in [-0.2, -0.15) is 5.26 Å². The van der Waals surface area contributed by atoms with Gasteiger partial charge in [-0.1, -0.05) is 48.6 Å². The molecule has 0 aliphatic heterocycles. The zero-order valence-electron chi connectivity index (χ0n) is 10.9. The van der Waals surface area contributed by atoms with Gasteiger partial charge in [0.25, 0.3) is 0 Å². The van der Waals surface area contributed by atoms with Crippen LogP contribution in [0, 0.1) is 17.2 Å². The van der Waals surface area contributed by atoms with Crippen molar-refractivity contribution in [3.63, 3.8) is 0 Å². The third-order valence-electron chi connectivity index (χ3n) is 2.95. The SMILES string of the molecule is CNC(=O)C(C#N)C(=S)Nc1cccc2ccccc12. The first-order valence-electron chi connectivity index (χ1n) is 6.07. The second kappa shape index (κ2) is 6.13. The van der Waals surface area contributed by atoms with E-state index in [1.165, 1.54) is 7.05 Å². The van der Waals surface area contributed by atoms with E-state index in [0.29, 0.717) is 0 Å². The summed E-state index contributed by atoms with van der Waals surface area (Å²) in [5.41, 5.74) is 0.789. The molecule has 0 heterocycles. The molecule has 4 nitrogen and oxygen atoms in total. The van der Waals surface area contributed by atoms with E-state index in [1.54, 1.807) is 0 Å². The van der Waals surface area contributed by atoms with E-state index >= 15 is 0 Å². The fraction of sp³-hybridized carbons (Fsp3) is 0.133. The smallest absolute Gasteiger partial charge is 0.244 e. The molecule has 1 atom stereocenters. The Kier molecular flexibility index (Phi) is 4.28. The molecule has 20 heavy (non-hydrogen) atoms. The van der Waals surface area contributed by atoms with Crippen LogP contribution in [-0.2, 0) is 4.79 Å². The molecule has 2 N–H and O–H groups in total. The Bertz CT molecular complexity index is 700. The summed E-state index contributed by atoms with van der Waals surface area (Å²) in [5.74, 6) is -1.40. The van der Waals surface area contributed by atoms with E-state index in [1.807, 2.05) is 48.5 Å². The third-order valence-corrected chi connectivity index (χ3v) is 3.29. The zero-order valence-corrected chi connectivity index (χ0v) is 11.7. The van der Waals surface area contributed by atoms with E-state index in [-0.39, 0.29) is 4.99 Å². The summed E-state index contributed by atoms with van der Waals surface area (Å²) >= 11 is 5.17. The molecule has 2 aromatic carbocycles. The van der Waals surface area contributed by atoms with Crippen molar-refractivity contribution in [3.05, 3.63) is 42.5 Å². The largest absolute Gasteiger partial charge is 0.358 e. The molecule has 2 aromatic rings. The maximum Gasteiger partial charge on any atom is 0.244 e. The van der Waals surface area contributed by atoms with Crippen LogP contribution >= 0.6 is 12.2 Å². The fourth-order valence-electron chi connectivity index (χ4n) is 1.92. The quantitative estimate of drug-likeness (QED) is 0.849. The number of fused-ring (bicyclic) bond motifs is 1. The number of thiocarbonyl (C=S) groups is 1. The molecule has 0 saturated heterocycles. The Morgan fingerprint density at radius 1 is 1.25 bits per heavy atom. The number of nitrogens with zero attached hydrogens (tertiary/aromatic N) is 1. The molecule has 0 bridgehead atoms. The van der Waals surface area contributed by atoms with Gasteiger partial charge in [0, 0.05) is 18.1 Å². The normalized spacial score (nSPS) is 11.4. The van der Waals surface area contributed by atoms with Crippen molar-refractivity contribution in [3.8, 4) is 6.07 Å². The first-order valence-corrected chi connectivity index (χ1v) is 6.48. The highest BCUT2D eigenvalue weighted by Crippen LogP contribution is 2.23. The molecular formula is C15H13N3OS. The van der Waals surface area contributed by atoms with E-state index in [4.69, 9.17) is 17.5 Å². The highest BCUT2D eigenvalue weighted by molar-refractivity contribution is 7.80. The van der Waals surface area contributed by atoms with Gasteiger partial charge >= 0.3 is 0 Å². The minimum Gasteiger partial charge on any atom is -0.358 e. The average Bonchev–Trinajstić information content (AvgIpc) is 2.48. The van der Waals surface area contributed by atoms with Crippen LogP contribution in [0.15, 0.2) is 42.5 Å². The number of anilines is 1. The second-order valence-corrected chi connectivity index (χ2v) is 4.63. The summed E-state index contributed by atoms with van der Waals surface area (Å²) in [4.78, 5) is 11.8. The fourth-order valence-corrected chi connectivity index (χ4v) is 2.19. The zero-order chi connectivity index (χ0) is 14.5. The number of hydrogen-bond acceptors (Lipinski definition) is 3. The van der Waals surface area contributed by atoms with Crippen molar-refractivity contribution in [2.75, 3.05) is 12.4 Å². The second-order valence-electron chi connectivity index (χ2n) is 4.19. The van der Waals surface area contributed by atoms with Crippen molar-refractivity contribution in [2.45, 2.75) is 0 Å². The van der Waals surface area contributed by atoms with Gasteiger partial charge in [-0.3, -0.25) is 4.79 Å². The minimum absolute atomic E-state index is 0.197. The lowest BCUT2D eigenvalue weighted by atomic mass is 10.1. The Hall–Kier alpha value is -2.45. The molecule has 0 aliphatic rings. The monoisotopic (exact) mass is 283 g/mol. The molecular weight excluding hydrogens is 270 g/mol. The molecule has 5 heteroatoms. The van der Waals surface area contributed by atoms with Crippen molar-refractivity contribution >= 4 is 39.6 Å². The Morgan fingerprint density at radius 2 is 1.95 bits per heavy atom. The lowest BCUT2D eigenvalue weighted by molar-refractivity contribution is -0.121. The van der Waals surface area contributed by atoms with Crippen LogP contribution in [0.25, 0.3) is 10.8 Å². The van der Waals surface area contributed by atoms with E-state index in [9.17, 15) is 4.79 Å². The summed E-state index contributed by atoms with van der Waals surface area (Å²) in [6, 6.07) is 15.5. The maximum atomic E-state index is 11.6. The van der Waals surface area contributed by atoms with Crippen LogP contribution in [0.4, 0.5) is 5.69 Å². The predicted molar refractivity (Wildman–Crippen MR) is 83.3 cm³/mol. The van der Waals surface area contributed by atoms with Crippen LogP contribution in [0.2, 0.25) is 0 Å². The number of nitrogens with one attached hydrogen (secondary N) is 2. The Labute approximate surface area is 122 Å². The molecule has 0 aromatic heterocycles. The number of carbonyl (C=O) groups is 1. The molecule has 2 rings (SSSR count). The van der Waals surface area contributed by atoms with Crippen molar-refractivity contribution < 1.29 is 4.79 Å². The first kappa shape index (κ1) is 14.0. The van der Waals surface area contributed by atoms with Gasteiger partial charge in [0.05, 0.1) is 6.07 Å². The average molecular weight is 283 g/mol. The van der Waals surface area contributed by atoms with E-state index in [0.717, 1.165) is 16.5 Å². The summed E-state index contributed by atoms with van der Waals surface area (Å²) in [5, 5.41) is 16.5. The first-order chi connectivity index (χ1) is 9.67. The molecule has 1 unspecified atom stereocenters. The number of nitriles is 1. The summed E-state index contributed by atoms with van der Waals surface area (Å²) < 4.78 is 0. The van der Waals surface area contributed by atoms with Crippen LogP contribution in [0.5, 0.6) is 0 Å². The Balaban J connectivity index is 2.31. The number of hydrogen-bond donors (Lipinski definition) is 2. The highest BCUT2D eigenvalue weighted by atomic mass is 32.1. The maximum absolute atomic E-state index is 11.6. The van der Waals surface area contributed by atoms with Gasteiger partial charge in [0.2, 0.25) is 5.91 Å². The minimum atomic E-state index is -0.992. The molecule has 0 fully saturated rings. The summed E-state index contributed by atoms with van der Waals surface area (Å²) in [6.45, 7) is 0. The van der Waals surface area contributed by atoms with Gasteiger partial charge in [0.15, 0.2) is 5.92 Å². The molecule has 0 aliphatic carbocycles. The van der Waals surface area contributed by atoms with E-state index < -0.39 is 11.8 Å². The standard InChI is InChI=1S/C15H13N3OS/c1-17-14(19)12(9-16)15(20)18-13-8-4-6-10-5-2-3-7-11(10)13/h2-8,12H,1H3,(H,17,19)(H,18,20). The highest BCUT2D eigenvalue weighted by Gasteiger charge is 2.22. The van der Waals surface area contributed by atoms with Crippen molar-refractivity contribution in [2.24, 2.45) is 5.92 Å². The molecule has 0 saturated carbocycles. The van der Waals surface area contributed by atoms with Crippen LogP contribution in [-0.4, -0.2) is 17.9 Å². The van der Waals surface area contributed by atoms with Gasteiger partial charge in [0.1, 0.15) is 4.99 Å².